The summed E-state index contributed by atoms with van der Waals surface area (Å²) in [6.45, 7) is 8.66. The minimum Gasteiger partial charge on any atom is -0.481 e. The standard InChI is InChI=1S/C12H19N3O/c1-5-16-11(13)6-9-7-14-8-10(15-9)12(2,3)4/h7-8,13H,5-6H2,1-4H3. The summed E-state index contributed by atoms with van der Waals surface area (Å²) in [7, 11) is 0. The minimum absolute atomic E-state index is 0.0170. The van der Waals surface area contributed by atoms with Crippen molar-refractivity contribution in [2.24, 2.45) is 0 Å². The van der Waals surface area contributed by atoms with Crippen molar-refractivity contribution in [2.75, 3.05) is 6.61 Å². The molecule has 1 rings (SSSR count). The zero-order valence-corrected chi connectivity index (χ0v) is 10.4. The summed E-state index contributed by atoms with van der Waals surface area (Å²) >= 11 is 0. The van der Waals surface area contributed by atoms with Gasteiger partial charge in [0.05, 0.1) is 24.4 Å². The van der Waals surface area contributed by atoms with Crippen LogP contribution >= 0.6 is 0 Å². The lowest BCUT2D eigenvalue weighted by Gasteiger charge is -2.17. The van der Waals surface area contributed by atoms with Gasteiger partial charge in [-0.25, -0.2) is 0 Å². The van der Waals surface area contributed by atoms with Gasteiger partial charge >= 0.3 is 0 Å². The molecular formula is C12H19N3O. The summed E-state index contributed by atoms with van der Waals surface area (Å²) in [5, 5.41) is 7.56. The number of rotatable bonds is 3. The molecule has 0 amide bonds. The van der Waals surface area contributed by atoms with Crippen LogP contribution in [-0.2, 0) is 16.6 Å². The van der Waals surface area contributed by atoms with Crippen LogP contribution in [0.25, 0.3) is 0 Å². The Bertz CT molecular complexity index is 369. The van der Waals surface area contributed by atoms with Crippen molar-refractivity contribution in [2.45, 2.75) is 39.5 Å². The van der Waals surface area contributed by atoms with Crippen LogP contribution in [-0.4, -0.2) is 22.5 Å². The summed E-state index contributed by atoms with van der Waals surface area (Å²) in [6.07, 6.45) is 3.86. The maximum atomic E-state index is 7.56. The van der Waals surface area contributed by atoms with Crippen LogP contribution in [0.15, 0.2) is 12.4 Å². The topological polar surface area (TPSA) is 58.9 Å². The van der Waals surface area contributed by atoms with Crippen LogP contribution in [0, 0.1) is 5.41 Å². The van der Waals surface area contributed by atoms with E-state index >= 15 is 0 Å². The average Bonchev–Trinajstić information content (AvgIpc) is 2.17. The van der Waals surface area contributed by atoms with E-state index in [0.29, 0.717) is 13.0 Å². The normalized spacial score (nSPS) is 11.2. The number of aromatic nitrogens is 2. The first-order valence-corrected chi connectivity index (χ1v) is 5.45. The van der Waals surface area contributed by atoms with Gasteiger partial charge in [-0.2, -0.15) is 0 Å². The Kier molecular flexibility index (Phi) is 3.99. The summed E-state index contributed by atoms with van der Waals surface area (Å²) in [6, 6.07) is 0. The van der Waals surface area contributed by atoms with Gasteiger partial charge in [0.25, 0.3) is 0 Å². The molecule has 0 radical (unpaired) electrons. The third-order valence-electron chi connectivity index (χ3n) is 2.11. The predicted molar refractivity (Wildman–Crippen MR) is 63.8 cm³/mol. The number of ether oxygens (including phenoxy) is 1. The molecule has 88 valence electrons. The van der Waals surface area contributed by atoms with Gasteiger partial charge in [0.2, 0.25) is 0 Å². The number of nitrogens with one attached hydrogen (secondary N) is 1. The van der Waals surface area contributed by atoms with Gasteiger partial charge in [0.15, 0.2) is 5.90 Å². The average molecular weight is 221 g/mol. The molecule has 0 aliphatic heterocycles. The quantitative estimate of drug-likeness (QED) is 0.629. The second kappa shape index (κ2) is 5.05. The maximum absolute atomic E-state index is 7.56. The molecule has 0 aromatic carbocycles. The van der Waals surface area contributed by atoms with Crippen LogP contribution in [0.1, 0.15) is 39.1 Å². The van der Waals surface area contributed by atoms with Crippen molar-refractivity contribution in [1.29, 1.82) is 5.41 Å². The SMILES string of the molecule is CCOC(=N)Cc1cncc(C(C)(C)C)n1. The van der Waals surface area contributed by atoms with Gasteiger partial charge in [-0.05, 0) is 6.92 Å². The number of hydrogen-bond donors (Lipinski definition) is 1. The number of hydrogen-bond acceptors (Lipinski definition) is 4. The maximum Gasteiger partial charge on any atom is 0.186 e. The molecule has 0 fully saturated rings. The van der Waals surface area contributed by atoms with Gasteiger partial charge in [-0.15, -0.1) is 0 Å². The monoisotopic (exact) mass is 221 g/mol. The van der Waals surface area contributed by atoms with E-state index in [2.05, 4.69) is 30.7 Å². The fraction of sp³-hybridized carbons (Fsp3) is 0.583. The van der Waals surface area contributed by atoms with Gasteiger partial charge in [0, 0.05) is 17.8 Å². The van der Waals surface area contributed by atoms with Crippen molar-refractivity contribution in [3.8, 4) is 0 Å². The largest absolute Gasteiger partial charge is 0.481 e. The van der Waals surface area contributed by atoms with E-state index < -0.39 is 0 Å². The van der Waals surface area contributed by atoms with Crippen molar-refractivity contribution in [3.63, 3.8) is 0 Å². The molecule has 16 heavy (non-hydrogen) atoms. The molecule has 0 saturated carbocycles. The molecule has 0 aliphatic rings. The van der Waals surface area contributed by atoms with Crippen LogP contribution in [0.3, 0.4) is 0 Å². The van der Waals surface area contributed by atoms with E-state index in [9.17, 15) is 0 Å². The zero-order chi connectivity index (χ0) is 12.2. The summed E-state index contributed by atoms with van der Waals surface area (Å²) in [4.78, 5) is 8.63. The van der Waals surface area contributed by atoms with Crippen molar-refractivity contribution in [1.82, 2.24) is 9.97 Å². The fourth-order valence-electron chi connectivity index (χ4n) is 1.24. The lowest BCUT2D eigenvalue weighted by atomic mass is 9.92. The molecule has 0 atom stereocenters. The Morgan fingerprint density at radius 2 is 2.06 bits per heavy atom. The summed E-state index contributed by atoms with van der Waals surface area (Å²) in [5.74, 6) is 0.239. The van der Waals surface area contributed by atoms with Gasteiger partial charge < -0.3 is 4.74 Å². The highest BCUT2D eigenvalue weighted by atomic mass is 16.5. The first-order valence-electron chi connectivity index (χ1n) is 5.45. The molecule has 0 unspecified atom stereocenters. The van der Waals surface area contributed by atoms with E-state index in [1.807, 2.05) is 6.92 Å². The zero-order valence-electron chi connectivity index (χ0n) is 10.4. The Balaban J connectivity index is 2.79. The molecule has 0 aliphatic carbocycles. The molecule has 1 N–H and O–H groups in total. The van der Waals surface area contributed by atoms with E-state index in [-0.39, 0.29) is 11.3 Å². The van der Waals surface area contributed by atoms with Gasteiger partial charge in [-0.1, -0.05) is 20.8 Å². The van der Waals surface area contributed by atoms with Crippen molar-refractivity contribution >= 4 is 5.90 Å². The lowest BCUT2D eigenvalue weighted by Crippen LogP contribution is -2.16. The molecule has 1 aromatic heterocycles. The van der Waals surface area contributed by atoms with Gasteiger partial charge in [-0.3, -0.25) is 15.4 Å². The lowest BCUT2D eigenvalue weighted by molar-refractivity contribution is 0.316. The highest BCUT2D eigenvalue weighted by molar-refractivity contribution is 5.74. The van der Waals surface area contributed by atoms with Crippen LogP contribution < -0.4 is 0 Å². The Morgan fingerprint density at radius 1 is 1.38 bits per heavy atom. The highest BCUT2D eigenvalue weighted by Crippen LogP contribution is 2.18. The molecule has 0 spiro atoms. The predicted octanol–water partition coefficient (Wildman–Crippen LogP) is 2.33. The molecule has 1 heterocycles. The summed E-state index contributed by atoms with van der Waals surface area (Å²) in [5.41, 5.74) is 1.71. The molecular weight excluding hydrogens is 202 g/mol. The molecule has 0 saturated heterocycles. The van der Waals surface area contributed by atoms with E-state index in [1.165, 1.54) is 0 Å². The third-order valence-corrected chi connectivity index (χ3v) is 2.11. The van der Waals surface area contributed by atoms with E-state index in [4.69, 9.17) is 10.1 Å². The Morgan fingerprint density at radius 3 is 2.62 bits per heavy atom. The van der Waals surface area contributed by atoms with E-state index in [0.717, 1.165) is 11.4 Å². The Labute approximate surface area is 96.6 Å². The highest BCUT2D eigenvalue weighted by Gasteiger charge is 2.16. The molecule has 4 heteroatoms. The van der Waals surface area contributed by atoms with Crippen molar-refractivity contribution < 1.29 is 4.74 Å². The van der Waals surface area contributed by atoms with E-state index in [1.54, 1.807) is 12.4 Å². The second-order valence-electron chi connectivity index (χ2n) is 4.68. The Hall–Kier alpha value is -1.45. The first kappa shape index (κ1) is 12.6. The van der Waals surface area contributed by atoms with Crippen LogP contribution in [0.4, 0.5) is 0 Å². The molecule has 1 aromatic rings. The molecule has 4 nitrogen and oxygen atoms in total. The third kappa shape index (κ3) is 3.61. The van der Waals surface area contributed by atoms with Crippen molar-refractivity contribution in [3.05, 3.63) is 23.8 Å². The van der Waals surface area contributed by atoms with Crippen LogP contribution in [0.5, 0.6) is 0 Å². The first-order chi connectivity index (χ1) is 7.43. The minimum atomic E-state index is -0.0170. The van der Waals surface area contributed by atoms with Gasteiger partial charge in [0.1, 0.15) is 0 Å². The second-order valence-corrected chi connectivity index (χ2v) is 4.68. The molecule has 0 bridgehead atoms. The number of nitrogens with zero attached hydrogens (tertiary/aromatic N) is 2. The van der Waals surface area contributed by atoms with Crippen LogP contribution in [0.2, 0.25) is 0 Å². The summed E-state index contributed by atoms with van der Waals surface area (Å²) < 4.78 is 5.09. The smallest absolute Gasteiger partial charge is 0.186 e. The fourth-order valence-corrected chi connectivity index (χ4v) is 1.24.